The van der Waals surface area contributed by atoms with Crippen molar-refractivity contribution in [3.05, 3.63) is 34.4 Å². The van der Waals surface area contributed by atoms with Crippen LogP contribution in [0.25, 0.3) is 0 Å². The lowest BCUT2D eigenvalue weighted by atomic mass is 9.92. The van der Waals surface area contributed by atoms with Gasteiger partial charge in [0.25, 0.3) is 5.69 Å². The van der Waals surface area contributed by atoms with E-state index in [1.165, 1.54) is 12.1 Å². The summed E-state index contributed by atoms with van der Waals surface area (Å²) in [7, 11) is 0. The van der Waals surface area contributed by atoms with Crippen molar-refractivity contribution >= 4 is 11.4 Å². The average molecular weight is 236 g/mol. The van der Waals surface area contributed by atoms with Crippen LogP contribution in [0.2, 0.25) is 0 Å². The zero-order valence-corrected chi connectivity index (χ0v) is 9.50. The van der Waals surface area contributed by atoms with E-state index in [1.807, 2.05) is 0 Å². The number of nitrogens with one attached hydrogen (secondary N) is 1. The molecular formula is C12H16N2O3. The van der Waals surface area contributed by atoms with Gasteiger partial charge in [0.15, 0.2) is 0 Å². The summed E-state index contributed by atoms with van der Waals surface area (Å²) in [6.07, 6.45) is 3.48. The molecule has 0 unspecified atom stereocenters. The molecule has 0 saturated heterocycles. The van der Waals surface area contributed by atoms with Gasteiger partial charge in [0.05, 0.1) is 17.1 Å². The van der Waals surface area contributed by atoms with Crippen molar-refractivity contribution in [1.82, 2.24) is 0 Å². The quantitative estimate of drug-likeness (QED) is 0.623. The summed E-state index contributed by atoms with van der Waals surface area (Å²) < 4.78 is 0. The minimum Gasteiger partial charge on any atom is -0.391 e. The maximum absolute atomic E-state index is 10.6. The molecule has 0 radical (unpaired) electrons. The molecule has 1 aliphatic rings. The minimum atomic E-state index is -0.414. The normalized spacial score (nSPS) is 24.3. The van der Waals surface area contributed by atoms with Gasteiger partial charge in [-0.15, -0.1) is 0 Å². The molecule has 5 heteroatoms. The highest BCUT2D eigenvalue weighted by Gasteiger charge is 2.22. The predicted molar refractivity (Wildman–Crippen MR) is 65.0 cm³/mol. The smallest absolute Gasteiger partial charge is 0.271 e. The van der Waals surface area contributed by atoms with E-state index in [4.69, 9.17) is 0 Å². The second-order valence-corrected chi connectivity index (χ2v) is 4.41. The zero-order valence-electron chi connectivity index (χ0n) is 9.50. The second-order valence-electron chi connectivity index (χ2n) is 4.41. The third-order valence-electron chi connectivity index (χ3n) is 3.14. The van der Waals surface area contributed by atoms with Crippen LogP contribution >= 0.6 is 0 Å². The van der Waals surface area contributed by atoms with Crippen molar-refractivity contribution in [3.8, 4) is 0 Å². The van der Waals surface area contributed by atoms with E-state index in [9.17, 15) is 15.2 Å². The Morgan fingerprint density at radius 3 is 2.82 bits per heavy atom. The fourth-order valence-corrected chi connectivity index (χ4v) is 2.20. The number of nitro groups is 1. The summed E-state index contributed by atoms with van der Waals surface area (Å²) in [5.74, 6) is 0. The first-order valence-corrected chi connectivity index (χ1v) is 5.86. The number of nitrogens with zero attached hydrogens (tertiary/aromatic N) is 1. The van der Waals surface area contributed by atoms with Crippen molar-refractivity contribution in [2.24, 2.45) is 0 Å². The molecule has 17 heavy (non-hydrogen) atoms. The maximum atomic E-state index is 10.6. The Morgan fingerprint density at radius 1 is 1.35 bits per heavy atom. The molecule has 0 amide bonds. The standard InChI is InChI=1S/C12H16N2O3/c15-12-7-2-1-6-11(12)13-9-4-3-5-10(8-9)14(16)17/h3-5,8,11-13,15H,1-2,6-7H2/t11-,12-/m0/s1. The number of anilines is 1. The van der Waals surface area contributed by atoms with Gasteiger partial charge >= 0.3 is 0 Å². The van der Waals surface area contributed by atoms with Crippen molar-refractivity contribution in [3.63, 3.8) is 0 Å². The molecule has 0 aliphatic heterocycles. The van der Waals surface area contributed by atoms with E-state index < -0.39 is 4.92 Å². The lowest BCUT2D eigenvalue weighted by molar-refractivity contribution is -0.384. The second kappa shape index (κ2) is 5.14. The van der Waals surface area contributed by atoms with Gasteiger partial charge in [-0.25, -0.2) is 0 Å². The van der Waals surface area contributed by atoms with Crippen LogP contribution in [0.1, 0.15) is 25.7 Å². The molecule has 2 atom stereocenters. The summed E-state index contributed by atoms with van der Waals surface area (Å²) >= 11 is 0. The third kappa shape index (κ3) is 2.94. The molecule has 1 saturated carbocycles. The Hall–Kier alpha value is -1.62. The Labute approximate surface area is 99.6 Å². The number of benzene rings is 1. The number of nitro benzene ring substituents is 1. The summed E-state index contributed by atoms with van der Waals surface area (Å²) in [4.78, 5) is 10.2. The third-order valence-corrected chi connectivity index (χ3v) is 3.14. The van der Waals surface area contributed by atoms with Gasteiger partial charge in [-0.1, -0.05) is 18.9 Å². The monoisotopic (exact) mass is 236 g/mol. The highest BCUT2D eigenvalue weighted by Crippen LogP contribution is 2.24. The summed E-state index contributed by atoms with van der Waals surface area (Å²) in [6.45, 7) is 0. The summed E-state index contributed by atoms with van der Waals surface area (Å²) in [6, 6.07) is 6.40. The average Bonchev–Trinajstić information content (AvgIpc) is 2.32. The SMILES string of the molecule is O=[N+]([O-])c1cccc(N[C@H]2CCCC[C@@H]2O)c1. The molecule has 0 spiro atoms. The number of aliphatic hydroxyl groups excluding tert-OH is 1. The van der Waals surface area contributed by atoms with E-state index >= 15 is 0 Å². The van der Waals surface area contributed by atoms with E-state index in [1.54, 1.807) is 12.1 Å². The Morgan fingerprint density at radius 2 is 2.12 bits per heavy atom. The van der Waals surface area contributed by atoms with Gasteiger partial charge in [0, 0.05) is 17.8 Å². The number of hydrogen-bond acceptors (Lipinski definition) is 4. The minimum absolute atomic E-state index is 0.00533. The number of non-ortho nitro benzene ring substituents is 1. The molecular weight excluding hydrogens is 220 g/mol. The fraction of sp³-hybridized carbons (Fsp3) is 0.500. The van der Waals surface area contributed by atoms with Crippen LogP contribution in [0.15, 0.2) is 24.3 Å². The molecule has 0 heterocycles. The first-order chi connectivity index (χ1) is 8.16. The largest absolute Gasteiger partial charge is 0.391 e. The first kappa shape index (κ1) is 11.9. The Balaban J connectivity index is 2.07. The molecule has 92 valence electrons. The van der Waals surface area contributed by atoms with Crippen LogP contribution in [0, 0.1) is 10.1 Å². The van der Waals surface area contributed by atoms with Gasteiger partial charge in [-0.05, 0) is 18.9 Å². The van der Waals surface area contributed by atoms with E-state index in [0.29, 0.717) is 5.69 Å². The highest BCUT2D eigenvalue weighted by atomic mass is 16.6. The van der Waals surface area contributed by atoms with Crippen LogP contribution in [-0.2, 0) is 0 Å². The topological polar surface area (TPSA) is 75.4 Å². The maximum Gasteiger partial charge on any atom is 0.271 e. The van der Waals surface area contributed by atoms with Gasteiger partial charge in [0.2, 0.25) is 0 Å². The highest BCUT2D eigenvalue weighted by molar-refractivity contribution is 5.51. The number of hydrogen-bond donors (Lipinski definition) is 2. The number of rotatable bonds is 3. The summed E-state index contributed by atoms with van der Waals surface area (Å²) in [5, 5.41) is 23.6. The van der Waals surface area contributed by atoms with Crippen LogP contribution in [0.4, 0.5) is 11.4 Å². The molecule has 1 fully saturated rings. The molecule has 1 aliphatic carbocycles. The first-order valence-electron chi connectivity index (χ1n) is 5.86. The number of aliphatic hydroxyl groups is 1. The van der Waals surface area contributed by atoms with Crippen molar-refractivity contribution in [1.29, 1.82) is 0 Å². The molecule has 2 rings (SSSR count). The molecule has 1 aromatic carbocycles. The van der Waals surface area contributed by atoms with Crippen LogP contribution in [-0.4, -0.2) is 22.2 Å². The Kier molecular flexibility index (Phi) is 3.58. The van der Waals surface area contributed by atoms with Gasteiger partial charge in [0.1, 0.15) is 0 Å². The van der Waals surface area contributed by atoms with E-state index in [2.05, 4.69) is 5.32 Å². The van der Waals surface area contributed by atoms with Crippen LogP contribution in [0.5, 0.6) is 0 Å². The van der Waals surface area contributed by atoms with Crippen molar-refractivity contribution < 1.29 is 10.0 Å². The molecule has 5 nitrogen and oxygen atoms in total. The van der Waals surface area contributed by atoms with E-state index in [-0.39, 0.29) is 17.8 Å². The fourth-order valence-electron chi connectivity index (χ4n) is 2.20. The lowest BCUT2D eigenvalue weighted by Crippen LogP contribution is -2.36. The van der Waals surface area contributed by atoms with Gasteiger partial charge in [-0.2, -0.15) is 0 Å². The summed E-state index contributed by atoms with van der Waals surface area (Å²) in [5.41, 5.74) is 0.769. The molecule has 2 N–H and O–H groups in total. The van der Waals surface area contributed by atoms with Crippen LogP contribution in [0.3, 0.4) is 0 Å². The molecule has 0 aromatic heterocycles. The lowest BCUT2D eigenvalue weighted by Gasteiger charge is -2.29. The Bertz CT molecular complexity index is 408. The zero-order chi connectivity index (χ0) is 12.3. The van der Waals surface area contributed by atoms with Crippen molar-refractivity contribution in [2.75, 3.05) is 5.32 Å². The van der Waals surface area contributed by atoms with Gasteiger partial charge < -0.3 is 10.4 Å². The molecule has 0 bridgehead atoms. The van der Waals surface area contributed by atoms with E-state index in [0.717, 1.165) is 25.7 Å². The van der Waals surface area contributed by atoms with Crippen LogP contribution < -0.4 is 5.32 Å². The van der Waals surface area contributed by atoms with Gasteiger partial charge in [-0.3, -0.25) is 10.1 Å². The van der Waals surface area contributed by atoms with Crippen molar-refractivity contribution in [2.45, 2.75) is 37.8 Å². The predicted octanol–water partition coefficient (Wildman–Crippen LogP) is 2.31. The molecule has 1 aromatic rings.